The molecule has 0 aliphatic carbocycles. The molecule has 2 aliphatic heterocycles. The van der Waals surface area contributed by atoms with Crippen molar-refractivity contribution in [2.45, 2.75) is 26.2 Å². The van der Waals surface area contributed by atoms with E-state index < -0.39 is 0 Å². The third-order valence-electron chi connectivity index (χ3n) is 15.4. The van der Waals surface area contributed by atoms with Crippen LogP contribution in [0.2, 0.25) is 0 Å². The molecule has 0 fully saturated rings. The van der Waals surface area contributed by atoms with Gasteiger partial charge in [0.25, 0.3) is 0 Å². The zero-order valence-corrected chi connectivity index (χ0v) is 44.7. The number of para-hydroxylation sites is 5. The van der Waals surface area contributed by atoms with Gasteiger partial charge in [-0.25, -0.2) is 4.98 Å². The first-order valence-electron chi connectivity index (χ1n) is 25.9. The average molecular weight is 1170 g/mol. The zero-order valence-electron chi connectivity index (χ0n) is 42.5. The second-order valence-electron chi connectivity index (χ2n) is 20.8. The molecular weight excluding hydrogens is 1120 g/mol. The molecule has 0 N–H and O–H groups in total. The molecule has 13 aromatic rings. The first-order valence-corrected chi connectivity index (χ1v) is 25.9. The quantitative estimate of drug-likeness (QED) is 0.149. The summed E-state index contributed by atoms with van der Waals surface area (Å²) in [5.41, 5.74) is 20.0. The topological polar surface area (TPSA) is 38.5 Å². The van der Waals surface area contributed by atoms with E-state index in [0.29, 0.717) is 11.5 Å². The van der Waals surface area contributed by atoms with E-state index in [2.05, 4.69) is 265 Å². The van der Waals surface area contributed by atoms with Crippen LogP contribution in [-0.4, -0.2) is 14.1 Å². The number of fused-ring (bicyclic) bond motifs is 12. The van der Waals surface area contributed by atoms with E-state index in [1.54, 1.807) is 0 Å². The van der Waals surface area contributed by atoms with E-state index in [9.17, 15) is 0 Å². The Balaban J connectivity index is 0.00000540. The van der Waals surface area contributed by atoms with E-state index >= 15 is 0 Å². The van der Waals surface area contributed by atoms with Crippen LogP contribution in [0.3, 0.4) is 0 Å². The Hall–Kier alpha value is -8.96. The number of hydrogen-bond acceptors (Lipinski definition) is 4. The number of pyridine rings is 1. The third kappa shape index (κ3) is 7.45. The van der Waals surface area contributed by atoms with Gasteiger partial charge >= 0.3 is 0 Å². The number of aromatic nitrogens is 3. The van der Waals surface area contributed by atoms with Crippen molar-refractivity contribution in [1.29, 1.82) is 0 Å². The molecule has 6 nitrogen and oxygen atoms in total. The molecule has 7 heteroatoms. The second-order valence-corrected chi connectivity index (χ2v) is 20.8. The van der Waals surface area contributed by atoms with Gasteiger partial charge in [0.05, 0.1) is 16.7 Å². The smallest absolute Gasteiger partial charge is 0.135 e. The molecule has 0 atom stereocenters. The van der Waals surface area contributed by atoms with Crippen LogP contribution in [0.5, 0.6) is 11.5 Å². The van der Waals surface area contributed by atoms with Crippen LogP contribution in [0, 0.1) is 18.8 Å². The largest absolute Gasteiger partial charge is 0.509 e. The first kappa shape index (κ1) is 46.6. The van der Waals surface area contributed by atoms with Crippen LogP contribution in [0.25, 0.3) is 99.6 Å². The number of rotatable bonds is 7. The Kier molecular flexibility index (Phi) is 11.0. The number of benzene rings is 10. The van der Waals surface area contributed by atoms with E-state index in [4.69, 9.17) is 9.72 Å². The van der Waals surface area contributed by atoms with Crippen LogP contribution >= 0.6 is 0 Å². The van der Waals surface area contributed by atoms with Gasteiger partial charge in [-0.2, -0.15) is 12.1 Å². The Bertz CT molecular complexity index is 4420. The van der Waals surface area contributed by atoms with Crippen LogP contribution in [0.15, 0.2) is 231 Å². The second kappa shape index (κ2) is 18.1. The Morgan fingerprint density at radius 3 is 1.81 bits per heavy atom. The van der Waals surface area contributed by atoms with Gasteiger partial charge in [0.2, 0.25) is 0 Å². The summed E-state index contributed by atoms with van der Waals surface area (Å²) in [6.45, 7) is 8.93. The summed E-state index contributed by atoms with van der Waals surface area (Å²) in [5, 5.41) is 4.64. The molecule has 10 aromatic carbocycles. The Labute approximate surface area is 462 Å². The van der Waals surface area contributed by atoms with E-state index in [1.807, 2.05) is 24.4 Å². The molecular formula is C70H48N5OPt-3. The van der Waals surface area contributed by atoms with Gasteiger partial charge in [-0.3, -0.25) is 0 Å². The average Bonchev–Trinajstić information content (AvgIpc) is 4.17. The van der Waals surface area contributed by atoms with Crippen LogP contribution in [0.1, 0.15) is 26.3 Å². The number of nitrogens with zero attached hydrogens (tertiary/aromatic N) is 5. The van der Waals surface area contributed by atoms with Crippen LogP contribution in [-0.2, 0) is 26.5 Å². The van der Waals surface area contributed by atoms with Gasteiger partial charge in [-0.05, 0) is 81.1 Å². The zero-order chi connectivity index (χ0) is 50.6. The molecule has 372 valence electrons. The molecule has 0 saturated heterocycles. The summed E-state index contributed by atoms with van der Waals surface area (Å²) in [5.74, 6) is 1.98. The Morgan fingerprint density at radius 1 is 0.442 bits per heavy atom. The number of anilines is 4. The summed E-state index contributed by atoms with van der Waals surface area (Å²) in [6.07, 6.45) is 1.93. The summed E-state index contributed by atoms with van der Waals surface area (Å²) in [6, 6.07) is 87.7. The van der Waals surface area contributed by atoms with Crippen molar-refractivity contribution in [2.24, 2.45) is 0 Å². The van der Waals surface area contributed by atoms with Crippen molar-refractivity contribution in [2.75, 3.05) is 9.80 Å². The predicted molar refractivity (Wildman–Crippen MR) is 313 cm³/mol. The van der Waals surface area contributed by atoms with Crippen molar-refractivity contribution in [3.8, 4) is 67.5 Å². The maximum absolute atomic E-state index is 6.88. The van der Waals surface area contributed by atoms with Gasteiger partial charge in [0, 0.05) is 94.4 Å². The molecule has 0 spiro atoms. The van der Waals surface area contributed by atoms with Crippen molar-refractivity contribution < 1.29 is 25.8 Å². The molecule has 0 saturated carbocycles. The number of ether oxygens (including phenoxy) is 1. The van der Waals surface area contributed by atoms with Crippen molar-refractivity contribution in [3.05, 3.63) is 255 Å². The molecule has 0 radical (unpaired) electrons. The summed E-state index contributed by atoms with van der Waals surface area (Å²) < 4.78 is 11.6. The fourth-order valence-corrected chi connectivity index (χ4v) is 11.8. The monoisotopic (exact) mass is 1170 g/mol. The molecule has 77 heavy (non-hydrogen) atoms. The fourth-order valence-electron chi connectivity index (χ4n) is 11.8. The van der Waals surface area contributed by atoms with Gasteiger partial charge in [0.1, 0.15) is 5.82 Å². The predicted octanol–water partition coefficient (Wildman–Crippen LogP) is 18.4. The number of hydrogen-bond donors (Lipinski definition) is 0. The summed E-state index contributed by atoms with van der Waals surface area (Å²) in [7, 11) is 0. The normalized spacial score (nSPS) is 12.7. The molecule has 0 bridgehead atoms. The molecule has 2 aliphatic rings. The minimum absolute atomic E-state index is 0. The van der Waals surface area contributed by atoms with Gasteiger partial charge in [-0.15, -0.1) is 48.1 Å². The summed E-state index contributed by atoms with van der Waals surface area (Å²) in [4.78, 5) is 9.64. The minimum atomic E-state index is -0.0995. The van der Waals surface area contributed by atoms with Crippen molar-refractivity contribution in [1.82, 2.24) is 14.1 Å². The van der Waals surface area contributed by atoms with Gasteiger partial charge in [0.15, 0.2) is 0 Å². The first-order chi connectivity index (χ1) is 37.3. The molecule has 0 unspecified atom stereocenters. The molecule has 15 rings (SSSR count). The van der Waals surface area contributed by atoms with E-state index in [-0.39, 0.29) is 26.5 Å². The fraction of sp³-hybridized carbons (Fsp3) is 0.0571. The van der Waals surface area contributed by atoms with Crippen molar-refractivity contribution in [3.63, 3.8) is 0 Å². The summed E-state index contributed by atoms with van der Waals surface area (Å²) >= 11 is 0. The van der Waals surface area contributed by atoms with Crippen molar-refractivity contribution >= 4 is 66.4 Å². The SMILES string of the molecule is CC(C)(C)c1ccnc(-n2c3[c-]c(Oc4[c-]c(N5[CH-]N(c6c(-c7ccccc7)cccc6-c6ccccc6)c6ccccc65)ccc4)ccc3c3cc4c(cc32)-c2ccccc2-c2cccc3c5ccccc5n-4c23)c1.[Pt]. The molecule has 3 aromatic heterocycles. The van der Waals surface area contributed by atoms with E-state index in [0.717, 1.165) is 83.9 Å². The molecule has 5 heterocycles. The maximum atomic E-state index is 6.88. The van der Waals surface area contributed by atoms with Crippen LogP contribution in [0.4, 0.5) is 22.7 Å². The van der Waals surface area contributed by atoms with E-state index in [1.165, 1.54) is 44.1 Å². The van der Waals surface area contributed by atoms with Gasteiger partial charge < -0.3 is 23.7 Å². The van der Waals surface area contributed by atoms with Crippen LogP contribution < -0.4 is 14.5 Å². The standard InChI is InChI=1S/C70H48N5O.Pt/c1-70(2,3)47-37-38-71-67(39-47)74-64-41-50(35-36-56(64)60-43-66-59(42-65(60)74)54-26-11-10-25-53(54)57-30-18-31-58-55-27-12-13-32-61(55)75(66)69(57)58)76-49-24-16-23-48(40-49)72-44-73(63-34-15-14-33-62(63)72)68-51(45-19-6-4-7-20-45)28-17-29-52(68)46-21-8-5-9-22-46;/h4-39,42-44H,1-3H3;/q-3;. The molecule has 0 amide bonds. The maximum Gasteiger partial charge on any atom is 0.135 e. The Morgan fingerprint density at radius 2 is 1.05 bits per heavy atom. The third-order valence-corrected chi connectivity index (χ3v) is 15.4. The minimum Gasteiger partial charge on any atom is -0.509 e. The van der Waals surface area contributed by atoms with Gasteiger partial charge in [-0.1, -0.05) is 178 Å².